The molecule has 0 fully saturated rings. The molecule has 2 aliphatic rings. The molecule has 4 amide bonds. The maximum absolute atomic E-state index is 12.5. The van der Waals surface area contributed by atoms with Gasteiger partial charge < -0.3 is 4.74 Å². The van der Waals surface area contributed by atoms with E-state index in [1.165, 1.54) is 11.8 Å². The van der Waals surface area contributed by atoms with Crippen LogP contribution in [0.25, 0.3) is 0 Å². The number of rotatable bonds is 7. The van der Waals surface area contributed by atoms with Crippen LogP contribution in [0, 0.1) is 0 Å². The number of carbonyl (C=O) groups is 5. The summed E-state index contributed by atoms with van der Waals surface area (Å²) in [7, 11) is 0. The largest absolute Gasteiger partial charge is 0.464 e. The normalized spacial score (nSPS) is 15.9. The van der Waals surface area contributed by atoms with Gasteiger partial charge in [0.05, 0.1) is 28.9 Å². The zero-order valence-corrected chi connectivity index (χ0v) is 16.9. The summed E-state index contributed by atoms with van der Waals surface area (Å²) in [5.74, 6) is -2.37. The van der Waals surface area contributed by atoms with Crippen molar-refractivity contribution in [3.05, 3.63) is 70.8 Å². The van der Waals surface area contributed by atoms with E-state index >= 15 is 0 Å². The Labute approximate surface area is 178 Å². The Kier molecular flexibility index (Phi) is 5.37. The van der Waals surface area contributed by atoms with Crippen LogP contribution >= 0.6 is 0 Å². The van der Waals surface area contributed by atoms with Gasteiger partial charge in [-0.05, 0) is 44.0 Å². The maximum Gasteiger partial charge on any atom is 0.329 e. The second-order valence-corrected chi connectivity index (χ2v) is 7.38. The van der Waals surface area contributed by atoms with Gasteiger partial charge in [-0.15, -0.1) is 0 Å². The molecule has 1 atom stereocenters. The van der Waals surface area contributed by atoms with Crippen LogP contribution in [-0.2, 0) is 9.53 Å². The monoisotopic (exact) mass is 420 g/mol. The molecule has 1 unspecified atom stereocenters. The molecule has 0 spiro atoms. The van der Waals surface area contributed by atoms with Gasteiger partial charge in [0, 0.05) is 6.54 Å². The van der Waals surface area contributed by atoms with Crippen molar-refractivity contribution in [3.8, 4) is 0 Å². The molecule has 0 bridgehead atoms. The lowest BCUT2D eigenvalue weighted by Gasteiger charge is -2.21. The van der Waals surface area contributed by atoms with Crippen LogP contribution in [0.1, 0.15) is 61.2 Å². The molecule has 2 aromatic carbocycles. The molecule has 4 rings (SSSR count). The van der Waals surface area contributed by atoms with E-state index in [4.69, 9.17) is 4.74 Å². The zero-order chi connectivity index (χ0) is 22.1. The minimum atomic E-state index is -1.05. The SMILES string of the molecule is CC(C(=O)OCCCCN1C(=O)c2ccccc2C1=O)N1C(=O)c2ccccc2C1=O. The van der Waals surface area contributed by atoms with Gasteiger partial charge in [-0.25, -0.2) is 4.79 Å². The van der Waals surface area contributed by atoms with E-state index in [1.54, 1.807) is 48.5 Å². The van der Waals surface area contributed by atoms with Crippen LogP contribution < -0.4 is 0 Å². The number of benzene rings is 2. The number of hydrogen-bond acceptors (Lipinski definition) is 6. The molecule has 0 radical (unpaired) electrons. The molecule has 0 saturated heterocycles. The molecule has 2 heterocycles. The van der Waals surface area contributed by atoms with Gasteiger partial charge in [-0.3, -0.25) is 29.0 Å². The molecule has 31 heavy (non-hydrogen) atoms. The summed E-state index contributed by atoms with van der Waals surface area (Å²) >= 11 is 0. The van der Waals surface area contributed by atoms with Gasteiger partial charge in [0.25, 0.3) is 23.6 Å². The minimum absolute atomic E-state index is 0.0511. The summed E-state index contributed by atoms with van der Waals surface area (Å²) in [6, 6.07) is 12.0. The van der Waals surface area contributed by atoms with Crippen LogP contribution in [0.5, 0.6) is 0 Å². The Hall–Kier alpha value is -3.81. The fraction of sp³-hybridized carbons (Fsp3) is 0.261. The number of ether oxygens (including phenoxy) is 1. The van der Waals surface area contributed by atoms with E-state index in [1.807, 2.05) is 0 Å². The molecule has 0 aromatic heterocycles. The Morgan fingerprint density at radius 2 is 1.23 bits per heavy atom. The fourth-order valence-electron chi connectivity index (χ4n) is 3.77. The maximum atomic E-state index is 12.5. The van der Waals surface area contributed by atoms with Crippen LogP contribution in [-0.4, -0.2) is 58.6 Å². The third-order valence-corrected chi connectivity index (χ3v) is 5.45. The molecule has 8 nitrogen and oxygen atoms in total. The van der Waals surface area contributed by atoms with Crippen molar-refractivity contribution in [2.24, 2.45) is 0 Å². The number of fused-ring (bicyclic) bond motifs is 2. The van der Waals surface area contributed by atoms with Gasteiger partial charge in [0.15, 0.2) is 0 Å². The summed E-state index contributed by atoms with van der Waals surface area (Å²) in [6.07, 6.45) is 0.883. The van der Waals surface area contributed by atoms with E-state index in [-0.39, 0.29) is 36.1 Å². The van der Waals surface area contributed by atoms with Crippen LogP contribution in [0.15, 0.2) is 48.5 Å². The first-order valence-electron chi connectivity index (χ1n) is 10.0. The van der Waals surface area contributed by atoms with Crippen molar-refractivity contribution in [2.75, 3.05) is 13.2 Å². The number of amides is 4. The number of unbranched alkanes of at least 4 members (excludes halogenated alkanes) is 1. The highest BCUT2D eigenvalue weighted by Crippen LogP contribution is 2.25. The average molecular weight is 420 g/mol. The molecule has 158 valence electrons. The standard InChI is InChI=1S/C23H20N2O6/c1-14(25-21(28)17-10-4-5-11-18(17)22(25)29)23(30)31-13-7-6-12-24-19(26)15-8-2-3-9-16(15)20(24)27/h2-5,8-11,14H,6-7,12-13H2,1H3. The molecule has 0 N–H and O–H groups in total. The third-order valence-electron chi connectivity index (χ3n) is 5.45. The molecule has 0 saturated carbocycles. The molecule has 0 aliphatic carbocycles. The smallest absolute Gasteiger partial charge is 0.329 e. The zero-order valence-electron chi connectivity index (χ0n) is 16.9. The third kappa shape index (κ3) is 3.50. The summed E-state index contributed by atoms with van der Waals surface area (Å²) in [5.41, 5.74) is 1.34. The number of nitrogens with zero attached hydrogens (tertiary/aromatic N) is 2. The second-order valence-electron chi connectivity index (χ2n) is 7.38. The second kappa shape index (κ2) is 8.14. The van der Waals surface area contributed by atoms with Crippen molar-refractivity contribution in [1.29, 1.82) is 0 Å². The van der Waals surface area contributed by atoms with E-state index in [9.17, 15) is 24.0 Å². The van der Waals surface area contributed by atoms with E-state index in [0.29, 0.717) is 24.0 Å². The van der Waals surface area contributed by atoms with Gasteiger partial charge in [-0.1, -0.05) is 24.3 Å². The Morgan fingerprint density at radius 3 is 1.71 bits per heavy atom. The van der Waals surface area contributed by atoms with E-state index in [2.05, 4.69) is 0 Å². The van der Waals surface area contributed by atoms with Gasteiger partial charge in [0.2, 0.25) is 0 Å². The van der Waals surface area contributed by atoms with E-state index < -0.39 is 23.8 Å². The predicted molar refractivity (Wildman–Crippen MR) is 108 cm³/mol. The number of carbonyl (C=O) groups excluding carboxylic acids is 5. The van der Waals surface area contributed by atoms with Crippen molar-refractivity contribution in [2.45, 2.75) is 25.8 Å². The van der Waals surface area contributed by atoms with E-state index in [0.717, 1.165) is 4.90 Å². The van der Waals surface area contributed by atoms with Gasteiger partial charge in [-0.2, -0.15) is 0 Å². The highest BCUT2D eigenvalue weighted by atomic mass is 16.5. The molecule has 8 heteroatoms. The highest BCUT2D eigenvalue weighted by Gasteiger charge is 2.41. The van der Waals surface area contributed by atoms with Crippen molar-refractivity contribution < 1.29 is 28.7 Å². The quantitative estimate of drug-likeness (QED) is 0.387. The Morgan fingerprint density at radius 1 is 0.774 bits per heavy atom. The number of hydrogen-bond donors (Lipinski definition) is 0. The number of esters is 1. The van der Waals surface area contributed by atoms with Gasteiger partial charge in [0.1, 0.15) is 6.04 Å². The molecule has 2 aliphatic heterocycles. The average Bonchev–Trinajstić information content (AvgIpc) is 3.18. The first-order chi connectivity index (χ1) is 14.9. The Bertz CT molecular complexity index is 1040. The first kappa shape index (κ1) is 20.5. The summed E-state index contributed by atoms with van der Waals surface area (Å²) in [6.45, 7) is 1.72. The molecular weight excluding hydrogens is 400 g/mol. The van der Waals surface area contributed by atoms with Crippen molar-refractivity contribution in [3.63, 3.8) is 0 Å². The minimum Gasteiger partial charge on any atom is -0.464 e. The van der Waals surface area contributed by atoms with Gasteiger partial charge >= 0.3 is 5.97 Å². The lowest BCUT2D eigenvalue weighted by atomic mass is 10.1. The first-order valence-corrected chi connectivity index (χ1v) is 10.0. The summed E-state index contributed by atoms with van der Waals surface area (Å²) in [4.78, 5) is 64.0. The topological polar surface area (TPSA) is 101 Å². The van der Waals surface area contributed by atoms with Crippen LogP contribution in [0.2, 0.25) is 0 Å². The highest BCUT2D eigenvalue weighted by molar-refractivity contribution is 6.23. The van der Waals surface area contributed by atoms with Crippen LogP contribution in [0.4, 0.5) is 0 Å². The molecule has 2 aromatic rings. The summed E-state index contributed by atoms with van der Waals surface area (Å²) < 4.78 is 5.22. The lowest BCUT2D eigenvalue weighted by molar-refractivity contribution is -0.147. The lowest BCUT2D eigenvalue weighted by Crippen LogP contribution is -2.43. The Balaban J connectivity index is 1.25. The van der Waals surface area contributed by atoms with Crippen molar-refractivity contribution in [1.82, 2.24) is 9.80 Å². The fourth-order valence-corrected chi connectivity index (χ4v) is 3.77. The predicted octanol–water partition coefficient (Wildman–Crippen LogP) is 2.29. The molecular formula is C23H20N2O6. The van der Waals surface area contributed by atoms with Crippen molar-refractivity contribution >= 4 is 29.6 Å². The van der Waals surface area contributed by atoms with Crippen LogP contribution in [0.3, 0.4) is 0 Å². The number of imide groups is 2. The summed E-state index contributed by atoms with van der Waals surface area (Å²) in [5, 5.41) is 0.